The highest BCUT2D eigenvalue weighted by Gasteiger charge is 2.07. The molecular formula is C16H15NO. The van der Waals surface area contributed by atoms with Gasteiger partial charge in [0, 0.05) is 17.3 Å². The molecule has 0 fully saturated rings. The molecule has 0 aliphatic heterocycles. The number of hydrogen-bond acceptors (Lipinski definition) is 2. The zero-order chi connectivity index (χ0) is 12.4. The van der Waals surface area contributed by atoms with Crippen molar-refractivity contribution in [1.29, 1.82) is 0 Å². The first kappa shape index (κ1) is 11.1. The SMILES string of the molecule is NCCOc1c2ccccc2cc2ccccc12. The molecule has 3 rings (SSSR count). The first-order chi connectivity index (χ1) is 8.90. The van der Waals surface area contributed by atoms with Crippen molar-refractivity contribution < 1.29 is 4.74 Å². The lowest BCUT2D eigenvalue weighted by Gasteiger charge is -2.12. The summed E-state index contributed by atoms with van der Waals surface area (Å²) >= 11 is 0. The predicted molar refractivity (Wildman–Crippen MR) is 76.0 cm³/mol. The first-order valence-corrected chi connectivity index (χ1v) is 6.13. The third-order valence-electron chi connectivity index (χ3n) is 3.09. The normalized spacial score (nSPS) is 10.9. The van der Waals surface area contributed by atoms with Crippen molar-refractivity contribution in [2.75, 3.05) is 13.2 Å². The van der Waals surface area contributed by atoms with Crippen molar-refractivity contribution in [3.8, 4) is 5.75 Å². The zero-order valence-electron chi connectivity index (χ0n) is 10.1. The van der Waals surface area contributed by atoms with Gasteiger partial charge in [0.15, 0.2) is 0 Å². The number of hydrogen-bond donors (Lipinski definition) is 1. The highest BCUT2D eigenvalue weighted by molar-refractivity contribution is 6.05. The van der Waals surface area contributed by atoms with Gasteiger partial charge in [0.1, 0.15) is 12.4 Å². The van der Waals surface area contributed by atoms with E-state index in [-0.39, 0.29) is 0 Å². The third-order valence-corrected chi connectivity index (χ3v) is 3.09. The minimum Gasteiger partial charge on any atom is -0.491 e. The van der Waals surface area contributed by atoms with Crippen LogP contribution >= 0.6 is 0 Å². The van der Waals surface area contributed by atoms with E-state index in [0.29, 0.717) is 13.2 Å². The Kier molecular flexibility index (Phi) is 2.87. The average molecular weight is 237 g/mol. The minimum absolute atomic E-state index is 0.525. The molecule has 3 aromatic carbocycles. The molecule has 0 aliphatic rings. The molecule has 2 N–H and O–H groups in total. The van der Waals surface area contributed by atoms with Gasteiger partial charge in [-0.3, -0.25) is 0 Å². The van der Waals surface area contributed by atoms with Crippen LogP contribution < -0.4 is 10.5 Å². The van der Waals surface area contributed by atoms with Crippen LogP contribution in [-0.4, -0.2) is 13.2 Å². The van der Waals surface area contributed by atoms with Gasteiger partial charge in [-0.25, -0.2) is 0 Å². The fraction of sp³-hybridized carbons (Fsp3) is 0.125. The van der Waals surface area contributed by atoms with E-state index >= 15 is 0 Å². The van der Waals surface area contributed by atoms with Gasteiger partial charge in [-0.05, 0) is 16.8 Å². The van der Waals surface area contributed by atoms with Gasteiger partial charge in [0.05, 0.1) is 0 Å². The van der Waals surface area contributed by atoms with E-state index in [1.54, 1.807) is 0 Å². The Labute approximate surface area is 106 Å². The summed E-state index contributed by atoms with van der Waals surface area (Å²) in [5.74, 6) is 0.939. The number of nitrogens with two attached hydrogens (primary N) is 1. The monoisotopic (exact) mass is 237 g/mol. The van der Waals surface area contributed by atoms with Crippen molar-refractivity contribution in [2.24, 2.45) is 5.73 Å². The van der Waals surface area contributed by atoms with E-state index in [4.69, 9.17) is 10.5 Å². The smallest absolute Gasteiger partial charge is 0.135 e. The Balaban J connectivity index is 2.34. The summed E-state index contributed by atoms with van der Waals surface area (Å²) in [4.78, 5) is 0. The summed E-state index contributed by atoms with van der Waals surface area (Å²) in [7, 11) is 0. The molecule has 90 valence electrons. The van der Waals surface area contributed by atoms with Gasteiger partial charge in [0.2, 0.25) is 0 Å². The van der Waals surface area contributed by atoms with Crippen LogP contribution in [0.2, 0.25) is 0 Å². The Morgan fingerprint density at radius 3 is 1.94 bits per heavy atom. The number of benzene rings is 3. The lowest BCUT2D eigenvalue weighted by Crippen LogP contribution is -2.10. The van der Waals surface area contributed by atoms with Gasteiger partial charge in [-0.1, -0.05) is 48.5 Å². The molecule has 0 amide bonds. The van der Waals surface area contributed by atoms with Crippen molar-refractivity contribution in [3.05, 3.63) is 54.6 Å². The van der Waals surface area contributed by atoms with Gasteiger partial charge in [-0.15, -0.1) is 0 Å². The fourth-order valence-electron chi connectivity index (χ4n) is 2.29. The van der Waals surface area contributed by atoms with E-state index in [9.17, 15) is 0 Å². The Morgan fingerprint density at radius 1 is 0.833 bits per heavy atom. The summed E-state index contributed by atoms with van der Waals surface area (Å²) in [6.07, 6.45) is 0. The van der Waals surface area contributed by atoms with Gasteiger partial charge < -0.3 is 10.5 Å². The van der Waals surface area contributed by atoms with Crippen LogP contribution in [0, 0.1) is 0 Å². The average Bonchev–Trinajstić information content (AvgIpc) is 2.43. The van der Waals surface area contributed by atoms with Crippen LogP contribution in [0.15, 0.2) is 54.6 Å². The summed E-state index contributed by atoms with van der Waals surface area (Å²) in [5.41, 5.74) is 5.54. The van der Waals surface area contributed by atoms with Gasteiger partial charge in [0.25, 0.3) is 0 Å². The molecule has 0 unspecified atom stereocenters. The maximum atomic E-state index is 5.86. The molecule has 2 heteroatoms. The minimum atomic E-state index is 0.525. The Bertz CT molecular complexity index is 637. The fourth-order valence-corrected chi connectivity index (χ4v) is 2.29. The Morgan fingerprint density at radius 2 is 1.39 bits per heavy atom. The molecule has 0 saturated heterocycles. The van der Waals surface area contributed by atoms with Crippen LogP contribution in [0.3, 0.4) is 0 Å². The molecule has 0 heterocycles. The summed E-state index contributed by atoms with van der Waals surface area (Å²) in [6.45, 7) is 1.07. The maximum absolute atomic E-state index is 5.86. The Hall–Kier alpha value is -2.06. The van der Waals surface area contributed by atoms with Crippen molar-refractivity contribution in [1.82, 2.24) is 0 Å². The standard InChI is InChI=1S/C16H15NO/c17-9-10-18-16-14-7-3-1-5-12(14)11-13-6-2-4-8-15(13)16/h1-8,11H,9-10,17H2. The van der Waals surface area contributed by atoms with Crippen LogP contribution in [0.25, 0.3) is 21.5 Å². The van der Waals surface area contributed by atoms with Gasteiger partial charge in [-0.2, -0.15) is 0 Å². The van der Waals surface area contributed by atoms with Crippen LogP contribution in [0.4, 0.5) is 0 Å². The van der Waals surface area contributed by atoms with Crippen LogP contribution in [-0.2, 0) is 0 Å². The summed E-state index contributed by atoms with van der Waals surface area (Å²) in [5, 5.41) is 4.68. The van der Waals surface area contributed by atoms with E-state index in [0.717, 1.165) is 16.5 Å². The van der Waals surface area contributed by atoms with Crippen LogP contribution in [0.5, 0.6) is 5.75 Å². The van der Waals surface area contributed by atoms with Crippen molar-refractivity contribution in [3.63, 3.8) is 0 Å². The highest BCUT2D eigenvalue weighted by atomic mass is 16.5. The number of rotatable bonds is 3. The molecule has 3 aromatic rings. The molecule has 2 nitrogen and oxygen atoms in total. The molecular weight excluding hydrogens is 222 g/mol. The molecule has 0 atom stereocenters. The van der Waals surface area contributed by atoms with Crippen LogP contribution in [0.1, 0.15) is 0 Å². The van der Waals surface area contributed by atoms with E-state index < -0.39 is 0 Å². The summed E-state index contributed by atoms with van der Waals surface area (Å²) in [6, 6.07) is 18.8. The third kappa shape index (κ3) is 1.81. The molecule has 0 saturated carbocycles. The second-order valence-electron chi connectivity index (χ2n) is 4.29. The molecule has 0 aromatic heterocycles. The molecule has 18 heavy (non-hydrogen) atoms. The molecule has 0 spiro atoms. The molecule has 0 radical (unpaired) electrons. The highest BCUT2D eigenvalue weighted by Crippen LogP contribution is 2.34. The predicted octanol–water partition coefficient (Wildman–Crippen LogP) is 3.33. The second-order valence-corrected chi connectivity index (χ2v) is 4.29. The summed E-state index contributed by atoms with van der Waals surface area (Å²) < 4.78 is 5.86. The number of ether oxygens (including phenoxy) is 1. The first-order valence-electron chi connectivity index (χ1n) is 6.13. The maximum Gasteiger partial charge on any atom is 0.135 e. The zero-order valence-corrected chi connectivity index (χ0v) is 10.1. The topological polar surface area (TPSA) is 35.2 Å². The quantitative estimate of drug-likeness (QED) is 0.709. The lowest BCUT2D eigenvalue weighted by atomic mass is 10.0. The molecule has 0 bridgehead atoms. The largest absolute Gasteiger partial charge is 0.491 e. The lowest BCUT2D eigenvalue weighted by molar-refractivity contribution is 0.336. The second kappa shape index (κ2) is 4.67. The van der Waals surface area contributed by atoms with Crippen molar-refractivity contribution >= 4 is 21.5 Å². The van der Waals surface area contributed by atoms with Gasteiger partial charge >= 0.3 is 0 Å². The van der Waals surface area contributed by atoms with E-state index in [1.807, 2.05) is 24.3 Å². The van der Waals surface area contributed by atoms with E-state index in [2.05, 4.69) is 30.3 Å². The van der Waals surface area contributed by atoms with E-state index in [1.165, 1.54) is 10.8 Å². The number of fused-ring (bicyclic) bond motifs is 2. The molecule has 0 aliphatic carbocycles. The van der Waals surface area contributed by atoms with Crippen molar-refractivity contribution in [2.45, 2.75) is 0 Å².